The van der Waals surface area contributed by atoms with Crippen molar-refractivity contribution in [3.8, 4) is 5.75 Å². The molecule has 0 amide bonds. The van der Waals surface area contributed by atoms with Gasteiger partial charge in [-0.25, -0.2) is 0 Å². The van der Waals surface area contributed by atoms with Crippen LogP contribution in [0.4, 0.5) is 0 Å². The SMILES string of the molecule is COc1cccc(CN(CCC(C)C)C[C@H](O)COCc2ccccc2)c1. The summed E-state index contributed by atoms with van der Waals surface area (Å²) in [5, 5.41) is 10.5. The lowest BCUT2D eigenvalue weighted by molar-refractivity contribution is 0.00789. The molecular weight excluding hydrogens is 338 g/mol. The molecule has 0 spiro atoms. The molecule has 27 heavy (non-hydrogen) atoms. The van der Waals surface area contributed by atoms with E-state index < -0.39 is 6.10 Å². The number of ether oxygens (including phenoxy) is 2. The molecule has 0 saturated heterocycles. The third kappa shape index (κ3) is 8.57. The second-order valence-corrected chi connectivity index (χ2v) is 7.42. The van der Waals surface area contributed by atoms with Gasteiger partial charge in [0.25, 0.3) is 0 Å². The smallest absolute Gasteiger partial charge is 0.119 e. The summed E-state index contributed by atoms with van der Waals surface area (Å²) < 4.78 is 11.0. The predicted molar refractivity (Wildman–Crippen MR) is 110 cm³/mol. The monoisotopic (exact) mass is 371 g/mol. The van der Waals surface area contributed by atoms with E-state index in [-0.39, 0.29) is 0 Å². The second-order valence-electron chi connectivity index (χ2n) is 7.42. The molecular formula is C23H33NO3. The van der Waals surface area contributed by atoms with Crippen molar-refractivity contribution in [2.75, 3.05) is 26.8 Å². The molecule has 0 aromatic heterocycles. The molecule has 0 bridgehead atoms. The van der Waals surface area contributed by atoms with Crippen molar-refractivity contribution >= 4 is 0 Å². The minimum atomic E-state index is -0.508. The molecule has 0 saturated carbocycles. The van der Waals surface area contributed by atoms with E-state index >= 15 is 0 Å². The summed E-state index contributed by atoms with van der Waals surface area (Å²) in [4.78, 5) is 2.30. The molecule has 0 aliphatic carbocycles. The van der Waals surface area contributed by atoms with E-state index in [9.17, 15) is 5.11 Å². The first-order valence-corrected chi connectivity index (χ1v) is 9.72. The first kappa shape index (κ1) is 21.4. The fourth-order valence-electron chi connectivity index (χ4n) is 2.94. The average molecular weight is 372 g/mol. The minimum absolute atomic E-state index is 0.338. The maximum absolute atomic E-state index is 10.5. The van der Waals surface area contributed by atoms with Crippen molar-refractivity contribution in [2.45, 2.75) is 39.5 Å². The molecule has 0 radical (unpaired) electrons. The first-order chi connectivity index (χ1) is 13.1. The van der Waals surface area contributed by atoms with Gasteiger partial charge < -0.3 is 14.6 Å². The Morgan fingerprint density at radius 2 is 1.74 bits per heavy atom. The number of nitrogens with zero attached hydrogens (tertiary/aromatic N) is 1. The van der Waals surface area contributed by atoms with Gasteiger partial charge in [-0.1, -0.05) is 56.3 Å². The summed E-state index contributed by atoms with van der Waals surface area (Å²) in [5.74, 6) is 1.49. The Morgan fingerprint density at radius 1 is 1.00 bits per heavy atom. The lowest BCUT2D eigenvalue weighted by Gasteiger charge is -2.26. The Hall–Kier alpha value is -1.88. The van der Waals surface area contributed by atoms with Crippen LogP contribution in [0.3, 0.4) is 0 Å². The van der Waals surface area contributed by atoms with Gasteiger partial charge in [-0.3, -0.25) is 4.90 Å². The Balaban J connectivity index is 1.86. The zero-order valence-corrected chi connectivity index (χ0v) is 16.8. The molecule has 148 valence electrons. The molecule has 0 aliphatic heterocycles. The Kier molecular flexibility index (Phi) is 9.32. The summed E-state index contributed by atoms with van der Waals surface area (Å²) in [5.41, 5.74) is 2.31. The van der Waals surface area contributed by atoms with Crippen molar-refractivity contribution in [1.82, 2.24) is 4.90 Å². The normalized spacial score (nSPS) is 12.5. The Morgan fingerprint density at radius 3 is 2.44 bits per heavy atom. The number of aliphatic hydroxyl groups excluding tert-OH is 1. The largest absolute Gasteiger partial charge is 0.497 e. The van der Waals surface area contributed by atoms with Gasteiger partial charge >= 0.3 is 0 Å². The van der Waals surface area contributed by atoms with Gasteiger partial charge in [-0.15, -0.1) is 0 Å². The lowest BCUT2D eigenvalue weighted by atomic mass is 10.1. The van der Waals surface area contributed by atoms with Crippen molar-refractivity contribution < 1.29 is 14.6 Å². The van der Waals surface area contributed by atoms with Crippen LogP contribution in [0.1, 0.15) is 31.4 Å². The number of hydrogen-bond donors (Lipinski definition) is 1. The summed E-state index contributed by atoms with van der Waals surface area (Å²) in [7, 11) is 1.68. The standard InChI is InChI=1S/C23H33NO3/c1-19(2)12-13-24(15-21-10-7-11-23(14-21)26-3)16-22(25)18-27-17-20-8-5-4-6-9-20/h4-11,14,19,22,25H,12-13,15-18H2,1-3H3/t22-/m0/s1. The van der Waals surface area contributed by atoms with Gasteiger partial charge in [0.05, 0.1) is 26.4 Å². The zero-order chi connectivity index (χ0) is 19.5. The molecule has 4 nitrogen and oxygen atoms in total. The highest BCUT2D eigenvalue weighted by atomic mass is 16.5. The van der Waals surface area contributed by atoms with Crippen LogP contribution in [0.2, 0.25) is 0 Å². The van der Waals surface area contributed by atoms with Crippen LogP contribution in [0.15, 0.2) is 54.6 Å². The zero-order valence-electron chi connectivity index (χ0n) is 16.8. The highest BCUT2D eigenvalue weighted by Crippen LogP contribution is 2.15. The summed E-state index contributed by atoms with van der Waals surface area (Å²) >= 11 is 0. The van der Waals surface area contributed by atoms with Crippen LogP contribution >= 0.6 is 0 Å². The summed E-state index contributed by atoms with van der Waals surface area (Å²) in [6.45, 7) is 7.65. The predicted octanol–water partition coefficient (Wildman–Crippen LogP) is 4.12. The third-order valence-electron chi connectivity index (χ3n) is 4.45. The van der Waals surface area contributed by atoms with E-state index in [2.05, 4.69) is 30.9 Å². The molecule has 0 fully saturated rings. The third-order valence-corrected chi connectivity index (χ3v) is 4.45. The van der Waals surface area contributed by atoms with Crippen molar-refractivity contribution in [3.63, 3.8) is 0 Å². The van der Waals surface area contributed by atoms with Crippen LogP contribution in [-0.4, -0.2) is 42.9 Å². The van der Waals surface area contributed by atoms with Gasteiger partial charge in [0, 0.05) is 13.1 Å². The maximum Gasteiger partial charge on any atom is 0.119 e. The van der Waals surface area contributed by atoms with Gasteiger partial charge in [-0.05, 0) is 42.1 Å². The molecule has 2 rings (SSSR count). The van der Waals surface area contributed by atoms with E-state index in [1.165, 1.54) is 5.56 Å². The van der Waals surface area contributed by atoms with Crippen LogP contribution in [0.25, 0.3) is 0 Å². The van der Waals surface area contributed by atoms with Gasteiger partial charge in [0.1, 0.15) is 5.75 Å². The van der Waals surface area contributed by atoms with Crippen LogP contribution in [0, 0.1) is 5.92 Å². The maximum atomic E-state index is 10.5. The lowest BCUT2D eigenvalue weighted by Crippen LogP contribution is -2.35. The molecule has 4 heteroatoms. The first-order valence-electron chi connectivity index (χ1n) is 9.72. The second kappa shape index (κ2) is 11.8. The van der Waals surface area contributed by atoms with E-state index in [0.717, 1.165) is 30.8 Å². The van der Waals surface area contributed by atoms with E-state index in [1.807, 2.05) is 42.5 Å². The summed E-state index contributed by atoms with van der Waals surface area (Å²) in [6.07, 6.45) is 0.591. The van der Waals surface area contributed by atoms with E-state index in [1.54, 1.807) is 7.11 Å². The van der Waals surface area contributed by atoms with Crippen LogP contribution < -0.4 is 4.74 Å². The minimum Gasteiger partial charge on any atom is -0.497 e. The molecule has 2 aromatic rings. The quantitative estimate of drug-likeness (QED) is 0.609. The number of benzene rings is 2. The fourth-order valence-corrected chi connectivity index (χ4v) is 2.94. The number of methoxy groups -OCH3 is 1. The van der Waals surface area contributed by atoms with Crippen LogP contribution in [0.5, 0.6) is 5.75 Å². The number of aliphatic hydroxyl groups is 1. The van der Waals surface area contributed by atoms with Gasteiger partial charge in [0.15, 0.2) is 0 Å². The number of rotatable bonds is 12. The van der Waals surface area contributed by atoms with E-state index in [4.69, 9.17) is 9.47 Å². The molecule has 0 heterocycles. The fraction of sp³-hybridized carbons (Fsp3) is 0.478. The van der Waals surface area contributed by atoms with Crippen molar-refractivity contribution in [2.24, 2.45) is 5.92 Å². The molecule has 1 atom stereocenters. The van der Waals surface area contributed by atoms with E-state index in [0.29, 0.717) is 25.7 Å². The van der Waals surface area contributed by atoms with Crippen LogP contribution in [-0.2, 0) is 17.9 Å². The molecule has 1 N–H and O–H groups in total. The van der Waals surface area contributed by atoms with Gasteiger partial charge in [0.2, 0.25) is 0 Å². The highest BCUT2D eigenvalue weighted by Gasteiger charge is 2.14. The van der Waals surface area contributed by atoms with Gasteiger partial charge in [-0.2, -0.15) is 0 Å². The number of hydrogen-bond acceptors (Lipinski definition) is 4. The highest BCUT2D eigenvalue weighted by molar-refractivity contribution is 5.28. The van der Waals surface area contributed by atoms with Crippen molar-refractivity contribution in [1.29, 1.82) is 0 Å². The Labute approximate surface area is 163 Å². The molecule has 0 unspecified atom stereocenters. The summed E-state index contributed by atoms with van der Waals surface area (Å²) in [6, 6.07) is 18.2. The van der Waals surface area contributed by atoms with Crippen molar-refractivity contribution in [3.05, 3.63) is 65.7 Å². The average Bonchev–Trinajstić information content (AvgIpc) is 2.67. The molecule has 2 aromatic carbocycles. The molecule has 0 aliphatic rings. The Bertz CT molecular complexity index is 645. The topological polar surface area (TPSA) is 41.9 Å².